The first kappa shape index (κ1) is 10.1. The molecule has 1 unspecified atom stereocenters. The monoisotopic (exact) mass is 213 g/mol. The highest BCUT2D eigenvalue weighted by atomic mass is 32.2. The van der Waals surface area contributed by atoms with Gasteiger partial charge in [-0.3, -0.25) is 4.99 Å². The maximum absolute atomic E-state index is 5.84. The van der Waals surface area contributed by atoms with Gasteiger partial charge in [-0.15, -0.1) is 0 Å². The summed E-state index contributed by atoms with van der Waals surface area (Å²) in [6.07, 6.45) is 1.20. The summed E-state index contributed by atoms with van der Waals surface area (Å²) >= 11 is 2.03. The Hall–Kier alpha value is -0.380. The van der Waals surface area contributed by atoms with Crippen molar-refractivity contribution < 1.29 is 0 Å². The maximum atomic E-state index is 5.84. The van der Waals surface area contributed by atoms with E-state index in [0.717, 1.165) is 12.3 Å². The Morgan fingerprint density at radius 1 is 1.43 bits per heavy atom. The van der Waals surface area contributed by atoms with Gasteiger partial charge in [0.05, 0.1) is 12.1 Å². The molecule has 4 heteroatoms. The van der Waals surface area contributed by atoms with Crippen LogP contribution >= 0.6 is 11.8 Å². The second kappa shape index (κ2) is 3.05. The fourth-order valence-corrected chi connectivity index (χ4v) is 4.03. The Labute approximate surface area is 90.1 Å². The molecule has 2 heterocycles. The summed E-state index contributed by atoms with van der Waals surface area (Å²) in [6.45, 7) is 5.55. The standard InChI is InChI=1S/C10H19N3S/c1-9(2)4-10(7-14-6-9)5-12-8(11)13(10)3/h4-7H2,1-3H3,(H2,11,12). The molecule has 2 rings (SSSR count). The van der Waals surface area contributed by atoms with Gasteiger partial charge in [0.2, 0.25) is 0 Å². The van der Waals surface area contributed by atoms with Crippen LogP contribution < -0.4 is 5.73 Å². The molecule has 0 radical (unpaired) electrons. The van der Waals surface area contributed by atoms with E-state index in [1.807, 2.05) is 11.8 Å². The van der Waals surface area contributed by atoms with E-state index in [9.17, 15) is 0 Å². The van der Waals surface area contributed by atoms with E-state index in [-0.39, 0.29) is 5.54 Å². The zero-order valence-electron chi connectivity index (χ0n) is 9.21. The Morgan fingerprint density at radius 3 is 2.64 bits per heavy atom. The minimum absolute atomic E-state index is 0.205. The van der Waals surface area contributed by atoms with E-state index in [1.165, 1.54) is 12.2 Å². The minimum atomic E-state index is 0.205. The van der Waals surface area contributed by atoms with Crippen molar-refractivity contribution in [2.75, 3.05) is 25.1 Å². The fraction of sp³-hybridized carbons (Fsp3) is 0.900. The van der Waals surface area contributed by atoms with Gasteiger partial charge in [-0.25, -0.2) is 0 Å². The first-order valence-electron chi connectivity index (χ1n) is 5.07. The van der Waals surface area contributed by atoms with Crippen LogP contribution in [0, 0.1) is 5.41 Å². The summed E-state index contributed by atoms with van der Waals surface area (Å²) in [4.78, 5) is 6.55. The molecule has 2 N–H and O–H groups in total. The third kappa shape index (κ3) is 1.49. The topological polar surface area (TPSA) is 41.6 Å². The van der Waals surface area contributed by atoms with Gasteiger partial charge in [-0.1, -0.05) is 13.8 Å². The largest absolute Gasteiger partial charge is 0.370 e. The fourth-order valence-electron chi connectivity index (χ4n) is 2.51. The summed E-state index contributed by atoms with van der Waals surface area (Å²) in [6, 6.07) is 0. The molecule has 1 atom stereocenters. The molecule has 1 spiro atoms. The molecule has 0 saturated carbocycles. The second-order valence-corrected chi connectivity index (χ2v) is 6.28. The maximum Gasteiger partial charge on any atom is 0.191 e. The number of guanidine groups is 1. The van der Waals surface area contributed by atoms with Gasteiger partial charge in [0.25, 0.3) is 0 Å². The van der Waals surface area contributed by atoms with Crippen LogP contribution in [0.2, 0.25) is 0 Å². The predicted octanol–water partition coefficient (Wildman–Crippen LogP) is 1.15. The van der Waals surface area contributed by atoms with Crippen LogP contribution in [0.25, 0.3) is 0 Å². The highest BCUT2D eigenvalue weighted by molar-refractivity contribution is 7.99. The summed E-state index contributed by atoms with van der Waals surface area (Å²) in [7, 11) is 2.08. The van der Waals surface area contributed by atoms with Gasteiger partial charge in [-0.05, 0) is 17.6 Å². The molecule has 0 aromatic heterocycles. The second-order valence-electron chi connectivity index (χ2n) is 5.29. The third-order valence-electron chi connectivity index (χ3n) is 3.26. The van der Waals surface area contributed by atoms with Crippen molar-refractivity contribution in [2.24, 2.45) is 16.1 Å². The minimum Gasteiger partial charge on any atom is -0.370 e. The SMILES string of the molecule is CN1C(N)=NCC12CSCC(C)(C)C2. The molecule has 14 heavy (non-hydrogen) atoms. The number of hydrogen-bond donors (Lipinski definition) is 1. The quantitative estimate of drug-likeness (QED) is 0.656. The molecule has 80 valence electrons. The van der Waals surface area contributed by atoms with Crippen LogP contribution in [0.4, 0.5) is 0 Å². The molecule has 1 fully saturated rings. The summed E-state index contributed by atoms with van der Waals surface area (Å²) < 4.78 is 0. The Morgan fingerprint density at radius 2 is 2.14 bits per heavy atom. The Balaban J connectivity index is 2.18. The van der Waals surface area contributed by atoms with Crippen molar-refractivity contribution in [1.29, 1.82) is 0 Å². The van der Waals surface area contributed by atoms with Crippen molar-refractivity contribution in [3.63, 3.8) is 0 Å². The molecular weight excluding hydrogens is 194 g/mol. The van der Waals surface area contributed by atoms with Gasteiger partial charge in [0, 0.05) is 12.8 Å². The van der Waals surface area contributed by atoms with E-state index in [0.29, 0.717) is 11.4 Å². The van der Waals surface area contributed by atoms with Crippen LogP contribution in [0.1, 0.15) is 20.3 Å². The van der Waals surface area contributed by atoms with E-state index in [1.54, 1.807) is 0 Å². The molecule has 2 aliphatic heterocycles. The number of hydrogen-bond acceptors (Lipinski definition) is 4. The predicted molar refractivity (Wildman–Crippen MR) is 62.7 cm³/mol. The van der Waals surface area contributed by atoms with Crippen LogP contribution in [0.3, 0.4) is 0 Å². The van der Waals surface area contributed by atoms with Crippen LogP contribution in [-0.4, -0.2) is 41.5 Å². The molecule has 0 aromatic rings. The lowest BCUT2D eigenvalue weighted by Crippen LogP contribution is -2.55. The lowest BCUT2D eigenvalue weighted by molar-refractivity contribution is 0.170. The summed E-state index contributed by atoms with van der Waals surface area (Å²) in [5.41, 5.74) is 6.46. The molecule has 0 bridgehead atoms. The van der Waals surface area contributed by atoms with Gasteiger partial charge >= 0.3 is 0 Å². The lowest BCUT2D eigenvalue weighted by atomic mass is 9.79. The van der Waals surface area contributed by atoms with Crippen LogP contribution in [-0.2, 0) is 0 Å². The highest BCUT2D eigenvalue weighted by Gasteiger charge is 2.46. The zero-order chi connectivity index (χ0) is 10.4. The first-order chi connectivity index (χ1) is 6.45. The molecule has 2 aliphatic rings. The molecule has 0 aliphatic carbocycles. The lowest BCUT2D eigenvalue weighted by Gasteiger charge is -2.46. The van der Waals surface area contributed by atoms with Crippen molar-refractivity contribution in [3.8, 4) is 0 Å². The van der Waals surface area contributed by atoms with Crippen LogP contribution in [0.5, 0.6) is 0 Å². The smallest absolute Gasteiger partial charge is 0.191 e. The van der Waals surface area contributed by atoms with Gasteiger partial charge in [-0.2, -0.15) is 11.8 Å². The first-order valence-corrected chi connectivity index (χ1v) is 6.22. The van der Waals surface area contributed by atoms with Gasteiger partial charge in [0.1, 0.15) is 0 Å². The number of likely N-dealkylation sites (N-methyl/N-ethyl adjacent to an activating group) is 1. The normalized spacial score (nSPS) is 36.2. The van der Waals surface area contributed by atoms with Gasteiger partial charge < -0.3 is 10.6 Å². The van der Waals surface area contributed by atoms with E-state index >= 15 is 0 Å². The highest BCUT2D eigenvalue weighted by Crippen LogP contribution is 2.43. The summed E-state index contributed by atoms with van der Waals surface area (Å²) in [5.74, 6) is 3.13. The number of nitrogens with two attached hydrogens (primary N) is 1. The number of nitrogens with zero attached hydrogens (tertiary/aromatic N) is 2. The van der Waals surface area contributed by atoms with Crippen molar-refractivity contribution in [1.82, 2.24) is 4.90 Å². The van der Waals surface area contributed by atoms with Crippen LogP contribution in [0.15, 0.2) is 4.99 Å². The Kier molecular flexibility index (Phi) is 2.21. The molecule has 0 aromatic carbocycles. The number of thioether (sulfide) groups is 1. The molecule has 1 saturated heterocycles. The van der Waals surface area contributed by atoms with Crippen molar-refractivity contribution in [3.05, 3.63) is 0 Å². The average molecular weight is 213 g/mol. The molecular formula is C10H19N3S. The van der Waals surface area contributed by atoms with Gasteiger partial charge in [0.15, 0.2) is 5.96 Å². The molecule has 0 amide bonds. The van der Waals surface area contributed by atoms with Crippen molar-refractivity contribution >= 4 is 17.7 Å². The third-order valence-corrected chi connectivity index (χ3v) is 4.99. The van der Waals surface area contributed by atoms with E-state index < -0.39 is 0 Å². The zero-order valence-corrected chi connectivity index (χ0v) is 10.0. The number of rotatable bonds is 0. The number of aliphatic imine (C=N–C) groups is 1. The average Bonchev–Trinajstić information content (AvgIpc) is 2.33. The summed E-state index contributed by atoms with van der Waals surface area (Å²) in [5, 5.41) is 0. The Bertz CT molecular complexity index is 275. The molecule has 3 nitrogen and oxygen atoms in total. The van der Waals surface area contributed by atoms with E-state index in [2.05, 4.69) is 30.8 Å². The van der Waals surface area contributed by atoms with E-state index in [4.69, 9.17) is 5.73 Å². The van der Waals surface area contributed by atoms with Crippen molar-refractivity contribution in [2.45, 2.75) is 25.8 Å².